The molecule has 2 N–H and O–H groups in total. The lowest BCUT2D eigenvalue weighted by atomic mass is 10.3. The Morgan fingerprint density at radius 3 is 2.78 bits per heavy atom. The van der Waals surface area contributed by atoms with Crippen molar-refractivity contribution in [3.05, 3.63) is 12.3 Å². The number of hydrogen-bond donors (Lipinski definition) is 1. The van der Waals surface area contributed by atoms with E-state index < -0.39 is 11.8 Å². The Morgan fingerprint density at radius 1 is 1.50 bits per heavy atom. The average molecular weight is 277 g/mol. The normalized spacial score (nSPS) is 12.0. The number of hydrogen-bond acceptors (Lipinski definition) is 4. The molecule has 2 aromatic heterocycles. The van der Waals surface area contributed by atoms with Gasteiger partial charge < -0.3 is 5.73 Å². The van der Waals surface area contributed by atoms with Gasteiger partial charge in [-0.15, -0.1) is 5.10 Å². The van der Waals surface area contributed by atoms with Crippen LogP contribution >= 0.6 is 11.6 Å². The molecule has 0 unspecified atom stereocenters. The van der Waals surface area contributed by atoms with E-state index >= 15 is 0 Å². The minimum absolute atomic E-state index is 0.0821. The predicted octanol–water partition coefficient (Wildman–Crippen LogP) is 1.48. The Bertz CT molecular complexity index is 543. The Kier molecular flexibility index (Phi) is 3.20. The van der Waals surface area contributed by atoms with Gasteiger partial charge in [-0.3, -0.25) is 4.68 Å². The first-order valence-electron chi connectivity index (χ1n) is 5.12. The summed E-state index contributed by atoms with van der Waals surface area (Å²) in [7, 11) is 1.71. The van der Waals surface area contributed by atoms with Gasteiger partial charge in [-0.25, -0.2) is 4.68 Å². The Hall–Kier alpha value is -1.70. The molecule has 18 heavy (non-hydrogen) atoms. The number of alkyl halides is 3. The molecule has 0 saturated heterocycles. The van der Waals surface area contributed by atoms with Crippen LogP contribution in [-0.2, 0) is 13.6 Å². The molecule has 0 fully saturated rings. The first-order chi connectivity index (χ1) is 8.38. The number of nitrogen functional groups attached to an aromatic ring is 1. The molecule has 0 saturated carbocycles. The second-order valence-corrected chi connectivity index (χ2v) is 4.30. The fraction of sp³-hybridized carbons (Fsp3) is 0.444. The number of nitrogens with zero attached hydrogens (tertiary/aromatic N) is 5. The summed E-state index contributed by atoms with van der Waals surface area (Å²) in [6.07, 6.45) is 1.02. The molecule has 2 heterocycles. The van der Waals surface area contributed by atoms with Crippen molar-refractivity contribution in [3.8, 4) is 11.4 Å². The van der Waals surface area contributed by atoms with Gasteiger partial charge in [0.15, 0.2) is 5.82 Å². The van der Waals surface area contributed by atoms with Crippen molar-refractivity contribution in [2.24, 2.45) is 7.05 Å². The molecule has 2 rings (SSSR count). The van der Waals surface area contributed by atoms with Gasteiger partial charge in [0.05, 0.1) is 12.2 Å². The lowest BCUT2D eigenvalue weighted by Gasteiger charge is -2.10. The smallest absolute Gasteiger partial charge is 0.323 e. The minimum atomic E-state index is -3.27. The molecule has 0 bridgehead atoms. The standard InChI is InChI=1S/C9H11ClF2N6/c1-17-6(2-4-14-17)7-8(13)15-16-18(7)5-3-9(10,11)12/h2,4H,3,5,13H2,1H3. The lowest BCUT2D eigenvalue weighted by Crippen LogP contribution is -2.13. The van der Waals surface area contributed by atoms with E-state index in [9.17, 15) is 8.78 Å². The topological polar surface area (TPSA) is 74.6 Å². The summed E-state index contributed by atoms with van der Waals surface area (Å²) in [6.45, 7) is -0.0821. The Labute approximate surface area is 106 Å². The molecule has 0 aliphatic rings. The first-order valence-corrected chi connectivity index (χ1v) is 5.50. The van der Waals surface area contributed by atoms with E-state index in [1.54, 1.807) is 24.0 Å². The minimum Gasteiger partial charge on any atom is -0.380 e. The van der Waals surface area contributed by atoms with E-state index in [0.717, 1.165) is 0 Å². The maximum absolute atomic E-state index is 12.6. The van der Waals surface area contributed by atoms with Crippen LogP contribution in [0.1, 0.15) is 6.42 Å². The van der Waals surface area contributed by atoms with Crippen molar-refractivity contribution in [3.63, 3.8) is 0 Å². The van der Waals surface area contributed by atoms with Gasteiger partial charge in [0.2, 0.25) is 0 Å². The van der Waals surface area contributed by atoms with Gasteiger partial charge in [0.25, 0.3) is 0 Å². The first kappa shape index (κ1) is 12.7. The second kappa shape index (κ2) is 4.52. The highest BCUT2D eigenvalue weighted by Crippen LogP contribution is 2.27. The maximum Gasteiger partial charge on any atom is 0.323 e. The van der Waals surface area contributed by atoms with E-state index in [1.165, 1.54) is 4.68 Å². The van der Waals surface area contributed by atoms with Gasteiger partial charge in [0, 0.05) is 19.7 Å². The third-order valence-corrected chi connectivity index (χ3v) is 2.62. The number of halogens is 3. The van der Waals surface area contributed by atoms with Crippen LogP contribution in [-0.4, -0.2) is 30.2 Å². The molecular weight excluding hydrogens is 266 g/mol. The third-order valence-electron chi connectivity index (χ3n) is 2.43. The molecular formula is C9H11ClF2N6. The predicted molar refractivity (Wildman–Crippen MR) is 62.1 cm³/mol. The fourth-order valence-corrected chi connectivity index (χ4v) is 1.67. The van der Waals surface area contributed by atoms with Crippen LogP contribution in [0.3, 0.4) is 0 Å². The summed E-state index contributed by atoms with van der Waals surface area (Å²) in [6, 6.07) is 1.70. The summed E-state index contributed by atoms with van der Waals surface area (Å²) in [5.74, 6) is 0.163. The van der Waals surface area contributed by atoms with Crippen LogP contribution in [0.25, 0.3) is 11.4 Å². The number of anilines is 1. The molecule has 6 nitrogen and oxygen atoms in total. The number of aromatic nitrogens is 5. The lowest BCUT2D eigenvalue weighted by molar-refractivity contribution is 0.0795. The van der Waals surface area contributed by atoms with Crippen molar-refractivity contribution in [1.82, 2.24) is 24.8 Å². The van der Waals surface area contributed by atoms with E-state index in [1.807, 2.05) is 0 Å². The molecule has 0 aromatic carbocycles. The Balaban J connectivity index is 2.31. The van der Waals surface area contributed by atoms with Crippen molar-refractivity contribution < 1.29 is 8.78 Å². The van der Waals surface area contributed by atoms with E-state index in [-0.39, 0.29) is 12.4 Å². The molecule has 0 spiro atoms. The van der Waals surface area contributed by atoms with Crippen LogP contribution < -0.4 is 5.73 Å². The fourth-order valence-electron chi connectivity index (χ4n) is 1.59. The van der Waals surface area contributed by atoms with Crippen molar-refractivity contribution >= 4 is 17.4 Å². The van der Waals surface area contributed by atoms with Crippen molar-refractivity contribution in [1.29, 1.82) is 0 Å². The quantitative estimate of drug-likeness (QED) is 0.859. The average Bonchev–Trinajstić information content (AvgIpc) is 2.81. The highest BCUT2D eigenvalue weighted by molar-refractivity contribution is 6.21. The van der Waals surface area contributed by atoms with Crippen LogP contribution in [0.2, 0.25) is 0 Å². The Morgan fingerprint density at radius 2 is 2.22 bits per heavy atom. The molecule has 9 heteroatoms. The summed E-state index contributed by atoms with van der Waals surface area (Å²) < 4.78 is 28.1. The molecule has 0 radical (unpaired) electrons. The molecule has 98 valence electrons. The van der Waals surface area contributed by atoms with Crippen LogP contribution in [0.15, 0.2) is 12.3 Å². The molecule has 0 amide bonds. The van der Waals surface area contributed by atoms with Crippen LogP contribution in [0, 0.1) is 0 Å². The molecule has 0 atom stereocenters. The maximum atomic E-state index is 12.6. The monoisotopic (exact) mass is 276 g/mol. The molecule has 0 aliphatic heterocycles. The highest BCUT2D eigenvalue weighted by atomic mass is 35.5. The molecule has 2 aromatic rings. The highest BCUT2D eigenvalue weighted by Gasteiger charge is 2.26. The summed E-state index contributed by atoms with van der Waals surface area (Å²) >= 11 is 4.85. The SMILES string of the molecule is Cn1nccc1-c1c(N)nnn1CCC(F)(F)Cl. The number of nitrogens with two attached hydrogens (primary N) is 1. The number of rotatable bonds is 4. The van der Waals surface area contributed by atoms with Gasteiger partial charge in [-0.05, 0) is 17.7 Å². The summed E-state index contributed by atoms with van der Waals surface area (Å²) in [4.78, 5) is 0. The third kappa shape index (κ3) is 2.58. The van der Waals surface area contributed by atoms with Gasteiger partial charge in [-0.2, -0.15) is 13.9 Å². The zero-order valence-electron chi connectivity index (χ0n) is 9.52. The van der Waals surface area contributed by atoms with Crippen LogP contribution in [0.4, 0.5) is 14.6 Å². The van der Waals surface area contributed by atoms with Crippen molar-refractivity contribution in [2.45, 2.75) is 18.3 Å². The zero-order chi connectivity index (χ0) is 13.3. The van der Waals surface area contributed by atoms with E-state index in [4.69, 9.17) is 17.3 Å². The van der Waals surface area contributed by atoms with Gasteiger partial charge in [0.1, 0.15) is 5.69 Å². The zero-order valence-corrected chi connectivity index (χ0v) is 10.3. The van der Waals surface area contributed by atoms with E-state index in [2.05, 4.69) is 15.4 Å². The van der Waals surface area contributed by atoms with Crippen LogP contribution in [0.5, 0.6) is 0 Å². The summed E-state index contributed by atoms with van der Waals surface area (Å²) in [5, 5.41) is 8.11. The van der Waals surface area contributed by atoms with Gasteiger partial charge >= 0.3 is 5.38 Å². The van der Waals surface area contributed by atoms with E-state index in [0.29, 0.717) is 11.4 Å². The second-order valence-electron chi connectivity index (χ2n) is 3.75. The number of aryl methyl sites for hydroxylation is 2. The van der Waals surface area contributed by atoms with Crippen molar-refractivity contribution in [2.75, 3.05) is 5.73 Å². The van der Waals surface area contributed by atoms with Gasteiger partial charge in [-0.1, -0.05) is 5.21 Å². The summed E-state index contributed by atoms with van der Waals surface area (Å²) in [5.41, 5.74) is 6.79. The molecule has 0 aliphatic carbocycles. The largest absolute Gasteiger partial charge is 0.380 e.